The fourth-order valence-corrected chi connectivity index (χ4v) is 2.26. The van der Waals surface area contributed by atoms with Crippen LogP contribution in [0.15, 0.2) is 23.8 Å². The standard InChI is InChI=1S/C13H12ClNO4/c1-2-15-10-4-3-7(14)5-8(10)12(17)9(13(18)19)6-11(15)16/h3-5,17H,2,6H2,1H3,(H,18,19). The van der Waals surface area contributed by atoms with Crippen molar-refractivity contribution in [1.29, 1.82) is 0 Å². The molecule has 5 nitrogen and oxygen atoms in total. The van der Waals surface area contributed by atoms with Gasteiger partial charge in [-0.25, -0.2) is 4.79 Å². The summed E-state index contributed by atoms with van der Waals surface area (Å²) in [5, 5.41) is 19.5. The topological polar surface area (TPSA) is 77.8 Å². The maximum absolute atomic E-state index is 12.0. The van der Waals surface area contributed by atoms with Gasteiger partial charge in [0, 0.05) is 17.1 Å². The highest BCUT2D eigenvalue weighted by atomic mass is 35.5. The van der Waals surface area contributed by atoms with Crippen LogP contribution in [0.3, 0.4) is 0 Å². The van der Waals surface area contributed by atoms with Gasteiger partial charge < -0.3 is 15.1 Å². The number of fused-ring (bicyclic) bond motifs is 1. The predicted octanol–water partition coefficient (Wildman–Crippen LogP) is 2.45. The molecule has 6 heteroatoms. The number of rotatable bonds is 2. The molecule has 0 radical (unpaired) electrons. The number of aliphatic carboxylic acids is 1. The number of halogens is 1. The Morgan fingerprint density at radius 1 is 1.47 bits per heavy atom. The second-order valence-electron chi connectivity index (χ2n) is 4.11. The van der Waals surface area contributed by atoms with Crippen LogP contribution in [-0.2, 0) is 9.59 Å². The number of aliphatic hydroxyl groups excluding tert-OH is 1. The smallest absolute Gasteiger partial charge is 0.335 e. The quantitative estimate of drug-likeness (QED) is 0.873. The Labute approximate surface area is 114 Å². The molecule has 0 spiro atoms. The van der Waals surface area contributed by atoms with Crippen molar-refractivity contribution < 1.29 is 19.8 Å². The van der Waals surface area contributed by atoms with Gasteiger partial charge >= 0.3 is 5.97 Å². The maximum Gasteiger partial charge on any atom is 0.335 e. The van der Waals surface area contributed by atoms with E-state index in [1.807, 2.05) is 0 Å². The molecule has 1 heterocycles. The summed E-state index contributed by atoms with van der Waals surface area (Å²) in [5.41, 5.74) is 0.410. The summed E-state index contributed by atoms with van der Waals surface area (Å²) in [7, 11) is 0. The lowest BCUT2D eigenvalue weighted by Gasteiger charge is -2.21. The molecule has 2 N–H and O–H groups in total. The third-order valence-electron chi connectivity index (χ3n) is 2.99. The van der Waals surface area contributed by atoms with Crippen LogP contribution in [0.1, 0.15) is 18.9 Å². The number of carbonyl (C=O) groups is 2. The zero-order chi connectivity index (χ0) is 14.2. The number of hydrogen-bond donors (Lipinski definition) is 2. The normalized spacial score (nSPS) is 15.3. The largest absolute Gasteiger partial charge is 0.507 e. The summed E-state index contributed by atoms with van der Waals surface area (Å²) in [4.78, 5) is 24.6. The second kappa shape index (κ2) is 4.93. The summed E-state index contributed by atoms with van der Waals surface area (Å²) in [6.07, 6.45) is -0.346. The van der Waals surface area contributed by atoms with Crippen molar-refractivity contribution in [1.82, 2.24) is 0 Å². The molecular weight excluding hydrogens is 270 g/mol. The van der Waals surface area contributed by atoms with Crippen LogP contribution in [-0.4, -0.2) is 28.6 Å². The van der Waals surface area contributed by atoms with Crippen LogP contribution in [0, 0.1) is 0 Å². The summed E-state index contributed by atoms with van der Waals surface area (Å²) in [5.74, 6) is -2.09. The fourth-order valence-electron chi connectivity index (χ4n) is 2.08. The highest BCUT2D eigenvalue weighted by molar-refractivity contribution is 6.31. The molecule has 0 saturated carbocycles. The van der Waals surface area contributed by atoms with E-state index in [-0.39, 0.29) is 23.5 Å². The number of amides is 1. The summed E-state index contributed by atoms with van der Waals surface area (Å²) in [6, 6.07) is 4.64. The minimum absolute atomic E-state index is 0.262. The number of carboxylic acid groups (broad SMARTS) is 1. The van der Waals surface area contributed by atoms with Crippen molar-refractivity contribution in [2.75, 3.05) is 11.4 Å². The Kier molecular flexibility index (Phi) is 3.48. The van der Waals surface area contributed by atoms with E-state index in [9.17, 15) is 14.7 Å². The predicted molar refractivity (Wildman–Crippen MR) is 71.3 cm³/mol. The van der Waals surface area contributed by atoms with E-state index in [0.717, 1.165) is 0 Å². The lowest BCUT2D eigenvalue weighted by molar-refractivity contribution is -0.133. The lowest BCUT2D eigenvalue weighted by Crippen LogP contribution is -2.30. The van der Waals surface area contributed by atoms with Crippen LogP contribution in [0.4, 0.5) is 5.69 Å². The molecular formula is C13H12ClNO4. The van der Waals surface area contributed by atoms with Crippen molar-refractivity contribution in [3.05, 3.63) is 34.4 Å². The Morgan fingerprint density at radius 2 is 2.16 bits per heavy atom. The summed E-state index contributed by atoms with van der Waals surface area (Å²) >= 11 is 5.87. The van der Waals surface area contributed by atoms with Crippen LogP contribution in [0.2, 0.25) is 5.02 Å². The van der Waals surface area contributed by atoms with E-state index < -0.39 is 11.7 Å². The Balaban J connectivity index is 2.72. The monoisotopic (exact) mass is 281 g/mol. The molecule has 100 valence electrons. The summed E-state index contributed by atoms with van der Waals surface area (Å²) < 4.78 is 0. The molecule has 1 aliphatic heterocycles. The van der Waals surface area contributed by atoms with Crippen molar-refractivity contribution in [2.24, 2.45) is 0 Å². The third-order valence-corrected chi connectivity index (χ3v) is 3.23. The van der Waals surface area contributed by atoms with Gasteiger partial charge in [0.05, 0.1) is 17.7 Å². The third kappa shape index (κ3) is 2.29. The van der Waals surface area contributed by atoms with Gasteiger partial charge in [-0.3, -0.25) is 4.79 Å². The zero-order valence-electron chi connectivity index (χ0n) is 10.2. The van der Waals surface area contributed by atoms with Crippen molar-refractivity contribution in [3.63, 3.8) is 0 Å². The Bertz CT molecular complexity index is 594. The number of hydrogen-bond acceptors (Lipinski definition) is 3. The van der Waals surface area contributed by atoms with Crippen molar-refractivity contribution in [3.8, 4) is 0 Å². The first-order valence-electron chi connectivity index (χ1n) is 5.71. The van der Waals surface area contributed by atoms with E-state index in [1.165, 1.54) is 11.0 Å². The molecule has 0 fully saturated rings. The van der Waals surface area contributed by atoms with Gasteiger partial charge in [-0.05, 0) is 25.1 Å². The number of carbonyl (C=O) groups excluding carboxylic acids is 1. The minimum Gasteiger partial charge on any atom is -0.507 e. The molecule has 2 rings (SSSR count). The highest BCUT2D eigenvalue weighted by Crippen LogP contribution is 2.34. The zero-order valence-corrected chi connectivity index (χ0v) is 10.9. The molecule has 0 saturated heterocycles. The molecule has 1 aliphatic rings. The van der Waals surface area contributed by atoms with Crippen LogP contribution in [0.5, 0.6) is 0 Å². The second-order valence-corrected chi connectivity index (χ2v) is 4.54. The molecule has 19 heavy (non-hydrogen) atoms. The van der Waals surface area contributed by atoms with E-state index in [4.69, 9.17) is 16.7 Å². The number of anilines is 1. The lowest BCUT2D eigenvalue weighted by atomic mass is 10.1. The van der Waals surface area contributed by atoms with E-state index in [1.54, 1.807) is 19.1 Å². The first-order chi connectivity index (χ1) is 8.95. The number of aliphatic hydroxyl groups is 1. The van der Waals surface area contributed by atoms with Crippen molar-refractivity contribution >= 4 is 34.9 Å². The summed E-state index contributed by atoms with van der Waals surface area (Å²) in [6.45, 7) is 2.16. The molecule has 0 atom stereocenters. The van der Waals surface area contributed by atoms with Crippen molar-refractivity contribution in [2.45, 2.75) is 13.3 Å². The van der Waals surface area contributed by atoms with Crippen LogP contribution >= 0.6 is 11.6 Å². The Morgan fingerprint density at radius 3 is 2.74 bits per heavy atom. The Hall–Kier alpha value is -2.01. The van der Waals surface area contributed by atoms with Gasteiger partial charge in [0.1, 0.15) is 5.76 Å². The fraction of sp³-hybridized carbons (Fsp3) is 0.231. The molecule has 1 aromatic carbocycles. The van der Waals surface area contributed by atoms with Crippen LogP contribution < -0.4 is 4.90 Å². The molecule has 1 amide bonds. The van der Waals surface area contributed by atoms with Gasteiger partial charge in [-0.2, -0.15) is 0 Å². The van der Waals surface area contributed by atoms with E-state index >= 15 is 0 Å². The average Bonchev–Trinajstić information content (AvgIpc) is 2.46. The number of nitrogens with zero attached hydrogens (tertiary/aromatic N) is 1. The number of carboxylic acids is 1. The molecule has 1 aromatic rings. The van der Waals surface area contributed by atoms with Crippen LogP contribution in [0.25, 0.3) is 5.76 Å². The van der Waals surface area contributed by atoms with Gasteiger partial charge in [-0.1, -0.05) is 11.6 Å². The minimum atomic E-state index is -1.31. The first kappa shape index (κ1) is 13.4. The van der Waals surface area contributed by atoms with Gasteiger partial charge in [0.2, 0.25) is 5.91 Å². The molecule has 0 bridgehead atoms. The SMILES string of the molecule is CCN1C(=O)CC(C(=O)O)=C(O)c2cc(Cl)ccc21. The molecule has 0 unspecified atom stereocenters. The molecule has 0 aliphatic carbocycles. The maximum atomic E-state index is 12.0. The number of benzene rings is 1. The van der Waals surface area contributed by atoms with Gasteiger partial charge in [0.25, 0.3) is 0 Å². The van der Waals surface area contributed by atoms with Gasteiger partial charge in [0.15, 0.2) is 0 Å². The van der Waals surface area contributed by atoms with E-state index in [0.29, 0.717) is 17.3 Å². The average molecular weight is 282 g/mol. The van der Waals surface area contributed by atoms with E-state index in [2.05, 4.69) is 0 Å². The highest BCUT2D eigenvalue weighted by Gasteiger charge is 2.29. The molecule has 0 aromatic heterocycles. The first-order valence-corrected chi connectivity index (χ1v) is 6.09. The van der Waals surface area contributed by atoms with Gasteiger partial charge in [-0.15, -0.1) is 0 Å².